The van der Waals surface area contributed by atoms with Crippen LogP contribution in [0.25, 0.3) is 11.1 Å². The van der Waals surface area contributed by atoms with Crippen molar-refractivity contribution in [2.24, 2.45) is 19.5 Å². The number of rotatable bonds is 8. The average Bonchev–Trinajstić information content (AvgIpc) is 3.68. The van der Waals surface area contributed by atoms with Gasteiger partial charge >= 0.3 is 12.1 Å². The van der Waals surface area contributed by atoms with Gasteiger partial charge in [-0.3, -0.25) is 19.3 Å². The zero-order chi connectivity index (χ0) is 41.0. The standard InChI is InChI=1S/C43H52ClN7O6/c1-25-26(22-35(52)37-45-32-24-51(21-17-33(32)48(37)6)41(56)57-42(2,3)4)10-8-11-28(25)29-12-9-13-30(36(29)44)47-39(53)38-46-31-23-50(20-16-34(31)49(38)7)27-14-18-43(5,19-15-27)40(54)55/h8-13,27H,14-24H2,1-7H3,(H,47,53)(H,54,55). The second kappa shape index (κ2) is 15.4. The Balaban J connectivity index is 1.04. The van der Waals surface area contributed by atoms with E-state index in [1.54, 1.807) is 11.0 Å². The molecule has 1 aliphatic carbocycles. The van der Waals surface area contributed by atoms with Gasteiger partial charge in [-0.2, -0.15) is 0 Å². The summed E-state index contributed by atoms with van der Waals surface area (Å²) < 4.78 is 9.27. The highest BCUT2D eigenvalue weighted by Gasteiger charge is 2.40. The molecule has 0 atom stereocenters. The Labute approximate surface area is 338 Å². The summed E-state index contributed by atoms with van der Waals surface area (Å²) in [6, 6.07) is 11.6. The van der Waals surface area contributed by atoms with E-state index in [2.05, 4.69) is 10.2 Å². The van der Waals surface area contributed by atoms with E-state index < -0.39 is 23.1 Å². The number of carbonyl (C=O) groups excluding carboxylic acids is 3. The quantitative estimate of drug-likeness (QED) is 0.177. The number of halogens is 1. The first-order valence-electron chi connectivity index (χ1n) is 19.7. The van der Waals surface area contributed by atoms with Crippen LogP contribution in [0.4, 0.5) is 10.5 Å². The molecule has 4 heterocycles. The molecule has 2 aromatic heterocycles. The summed E-state index contributed by atoms with van der Waals surface area (Å²) in [4.78, 5) is 65.5. The van der Waals surface area contributed by atoms with Crippen molar-refractivity contribution in [1.29, 1.82) is 0 Å². The SMILES string of the molecule is Cc1c(CC(=O)c2nc3c(n2C)CCN(C(=O)OC(C)(C)C)C3)cccc1-c1cccc(NC(=O)c2nc3c(n2C)CCN(C2CCC(C)(C(=O)O)CC2)C3)c1Cl. The molecule has 0 saturated heterocycles. The molecule has 0 unspecified atom stereocenters. The Bertz CT molecular complexity index is 2260. The first-order chi connectivity index (χ1) is 26.9. The van der Waals surface area contributed by atoms with Gasteiger partial charge in [-0.1, -0.05) is 41.9 Å². The molecule has 7 rings (SSSR count). The number of imidazole rings is 2. The van der Waals surface area contributed by atoms with Crippen LogP contribution in [-0.2, 0) is 56.0 Å². The minimum atomic E-state index is -0.722. The van der Waals surface area contributed by atoms with E-state index >= 15 is 0 Å². The molecule has 2 amide bonds. The van der Waals surface area contributed by atoms with Crippen molar-refractivity contribution in [3.8, 4) is 11.1 Å². The van der Waals surface area contributed by atoms with Crippen LogP contribution in [0, 0.1) is 12.3 Å². The number of carboxylic acids is 1. The van der Waals surface area contributed by atoms with E-state index in [0.29, 0.717) is 66.4 Å². The molecule has 1 fully saturated rings. The Morgan fingerprint density at radius 2 is 1.53 bits per heavy atom. The molecule has 1 saturated carbocycles. The van der Waals surface area contributed by atoms with Gasteiger partial charge < -0.3 is 29.2 Å². The number of hydrogen-bond acceptors (Lipinski definition) is 8. The van der Waals surface area contributed by atoms with Gasteiger partial charge in [0.1, 0.15) is 5.60 Å². The van der Waals surface area contributed by atoms with Crippen molar-refractivity contribution in [2.45, 2.75) is 104 Å². The van der Waals surface area contributed by atoms with Crippen LogP contribution in [0.5, 0.6) is 0 Å². The summed E-state index contributed by atoms with van der Waals surface area (Å²) in [5.74, 6) is -0.575. The number of hydrogen-bond donors (Lipinski definition) is 2. The van der Waals surface area contributed by atoms with Crippen molar-refractivity contribution in [2.75, 3.05) is 18.4 Å². The van der Waals surface area contributed by atoms with Crippen LogP contribution >= 0.6 is 11.6 Å². The van der Waals surface area contributed by atoms with Gasteiger partial charge in [0, 0.05) is 76.0 Å². The maximum absolute atomic E-state index is 13.8. The molecule has 2 aromatic carbocycles. The summed E-state index contributed by atoms with van der Waals surface area (Å²) >= 11 is 7.03. The number of nitrogens with zero attached hydrogens (tertiary/aromatic N) is 6. The first-order valence-corrected chi connectivity index (χ1v) is 20.1. The van der Waals surface area contributed by atoms with Crippen molar-refractivity contribution < 1.29 is 29.0 Å². The smallest absolute Gasteiger partial charge is 0.410 e. The van der Waals surface area contributed by atoms with Crippen LogP contribution in [0.1, 0.15) is 109 Å². The largest absolute Gasteiger partial charge is 0.481 e. The number of nitrogens with one attached hydrogen (secondary N) is 1. The lowest BCUT2D eigenvalue weighted by atomic mass is 9.73. The fourth-order valence-corrected chi connectivity index (χ4v) is 8.85. The van der Waals surface area contributed by atoms with Crippen molar-refractivity contribution in [3.05, 3.63) is 87.0 Å². The number of ether oxygens (including phenoxy) is 1. The number of aromatic nitrogens is 4. The minimum absolute atomic E-state index is 0.122. The molecule has 4 aromatic rings. The molecule has 2 N–H and O–H groups in total. The van der Waals surface area contributed by atoms with Crippen molar-refractivity contribution in [1.82, 2.24) is 28.9 Å². The van der Waals surface area contributed by atoms with Gasteiger partial charge in [-0.15, -0.1) is 0 Å². The molecule has 0 radical (unpaired) electrons. The predicted molar refractivity (Wildman–Crippen MR) is 216 cm³/mol. The molecule has 2 aliphatic heterocycles. The highest BCUT2D eigenvalue weighted by atomic mass is 35.5. The second-order valence-electron chi connectivity index (χ2n) is 17.1. The van der Waals surface area contributed by atoms with Crippen LogP contribution < -0.4 is 5.32 Å². The molecular formula is C43H52ClN7O6. The third-order valence-corrected chi connectivity index (χ3v) is 12.5. The van der Waals surface area contributed by atoms with Gasteiger partial charge in [0.15, 0.2) is 11.6 Å². The lowest BCUT2D eigenvalue weighted by Gasteiger charge is -2.41. The summed E-state index contributed by atoms with van der Waals surface area (Å²) in [6.07, 6.45) is 4.01. The Kier molecular flexibility index (Phi) is 10.9. The molecule has 3 aliphatic rings. The molecule has 0 spiro atoms. The van der Waals surface area contributed by atoms with Gasteiger partial charge in [0.05, 0.1) is 34.1 Å². The zero-order valence-corrected chi connectivity index (χ0v) is 34.6. The summed E-state index contributed by atoms with van der Waals surface area (Å²) in [5.41, 5.74) is 5.99. The molecule has 0 bridgehead atoms. The predicted octanol–water partition coefficient (Wildman–Crippen LogP) is 7.14. The van der Waals surface area contributed by atoms with E-state index in [0.717, 1.165) is 65.1 Å². The third-order valence-electron chi connectivity index (χ3n) is 12.1. The lowest BCUT2D eigenvalue weighted by molar-refractivity contribution is -0.150. The number of anilines is 1. The van der Waals surface area contributed by atoms with Gasteiger partial charge in [-0.05, 0) is 83.1 Å². The van der Waals surface area contributed by atoms with Crippen molar-refractivity contribution in [3.63, 3.8) is 0 Å². The number of Topliss-reactive ketones (excluding diaryl/α,β-unsaturated/α-hetero) is 1. The molecular weight excluding hydrogens is 746 g/mol. The molecule has 14 heteroatoms. The van der Waals surface area contributed by atoms with E-state index in [1.807, 2.05) is 88.2 Å². The number of aliphatic carboxylic acids is 1. The van der Waals surface area contributed by atoms with Gasteiger partial charge in [0.25, 0.3) is 5.91 Å². The summed E-state index contributed by atoms with van der Waals surface area (Å²) in [7, 11) is 3.71. The fourth-order valence-electron chi connectivity index (χ4n) is 8.58. The van der Waals surface area contributed by atoms with E-state index in [1.165, 1.54) is 0 Å². The lowest BCUT2D eigenvalue weighted by Crippen LogP contribution is -2.44. The monoisotopic (exact) mass is 797 g/mol. The first kappa shape index (κ1) is 40.2. The third kappa shape index (κ3) is 7.96. The Morgan fingerprint density at radius 1 is 0.912 bits per heavy atom. The Hall–Kier alpha value is -5.01. The van der Waals surface area contributed by atoms with E-state index in [4.69, 9.17) is 26.3 Å². The number of amides is 2. The van der Waals surface area contributed by atoms with Crippen molar-refractivity contribution >= 4 is 41.0 Å². The maximum Gasteiger partial charge on any atom is 0.410 e. The number of benzene rings is 2. The number of fused-ring (bicyclic) bond motifs is 2. The number of ketones is 1. The second-order valence-corrected chi connectivity index (χ2v) is 17.4. The van der Waals surface area contributed by atoms with E-state index in [-0.39, 0.29) is 24.7 Å². The van der Waals surface area contributed by atoms with Crippen LogP contribution in [-0.4, -0.2) is 82.5 Å². The van der Waals surface area contributed by atoms with Gasteiger partial charge in [0.2, 0.25) is 5.78 Å². The van der Waals surface area contributed by atoms with Gasteiger partial charge in [-0.25, -0.2) is 14.8 Å². The highest BCUT2D eigenvalue weighted by molar-refractivity contribution is 6.36. The van der Waals surface area contributed by atoms with Crippen LogP contribution in [0.3, 0.4) is 0 Å². The highest BCUT2D eigenvalue weighted by Crippen LogP contribution is 2.40. The van der Waals surface area contributed by atoms with Crippen LogP contribution in [0.2, 0.25) is 5.02 Å². The molecule has 57 heavy (non-hydrogen) atoms. The minimum Gasteiger partial charge on any atom is -0.481 e. The number of carbonyl (C=O) groups is 4. The summed E-state index contributed by atoms with van der Waals surface area (Å²) in [5, 5.41) is 13.0. The normalized spacial score (nSPS) is 19.8. The van der Waals surface area contributed by atoms with E-state index in [9.17, 15) is 24.3 Å². The molecule has 13 nitrogen and oxygen atoms in total. The average molecular weight is 798 g/mol. The maximum atomic E-state index is 13.8. The zero-order valence-electron chi connectivity index (χ0n) is 33.9. The molecule has 302 valence electrons. The number of carboxylic acid groups (broad SMARTS) is 1. The van der Waals surface area contributed by atoms with Crippen LogP contribution in [0.15, 0.2) is 36.4 Å². The summed E-state index contributed by atoms with van der Waals surface area (Å²) in [6.45, 7) is 11.5. The topological polar surface area (TPSA) is 152 Å². The fraction of sp³-hybridized carbons (Fsp3) is 0.488. The Morgan fingerprint density at radius 3 is 2.21 bits per heavy atom.